The number of carbonyl (C=O) groups is 2. The van der Waals surface area contributed by atoms with Crippen LogP contribution in [0.1, 0.15) is 30.6 Å². The highest BCUT2D eigenvalue weighted by Gasteiger charge is 2.23. The van der Waals surface area contributed by atoms with E-state index in [1.807, 2.05) is 17.0 Å². The molecule has 0 unspecified atom stereocenters. The fourth-order valence-corrected chi connectivity index (χ4v) is 3.42. The van der Waals surface area contributed by atoms with E-state index in [1.54, 1.807) is 24.4 Å². The summed E-state index contributed by atoms with van der Waals surface area (Å²) in [5.74, 6) is 0.328. The fourth-order valence-electron chi connectivity index (χ4n) is 3.25. The Morgan fingerprint density at radius 1 is 1.18 bits per heavy atom. The molecule has 0 spiro atoms. The largest absolute Gasteiger partial charge is 0.366 e. The van der Waals surface area contributed by atoms with Crippen LogP contribution in [0, 0.1) is 5.92 Å². The Bertz CT molecular complexity index is 834. The predicted molar refractivity (Wildman–Crippen MR) is 112 cm³/mol. The first-order valence-electron chi connectivity index (χ1n) is 9.47. The van der Waals surface area contributed by atoms with Gasteiger partial charge in [0.1, 0.15) is 0 Å². The van der Waals surface area contributed by atoms with E-state index in [2.05, 4.69) is 29.0 Å². The molecule has 148 valence electrons. The number of nitrogens with one attached hydrogen (secondary N) is 1. The number of hydrogen-bond acceptors (Lipinski definition) is 4. The number of anilines is 2. The lowest BCUT2D eigenvalue weighted by Gasteiger charge is -2.37. The normalized spacial score (nSPS) is 14.3. The van der Waals surface area contributed by atoms with Crippen molar-refractivity contribution < 1.29 is 9.59 Å². The van der Waals surface area contributed by atoms with E-state index in [1.165, 1.54) is 6.20 Å². The lowest BCUT2D eigenvalue weighted by molar-refractivity contribution is -0.132. The van der Waals surface area contributed by atoms with Crippen molar-refractivity contribution in [2.24, 2.45) is 5.92 Å². The van der Waals surface area contributed by atoms with Crippen LogP contribution in [0.25, 0.3) is 0 Å². The van der Waals surface area contributed by atoms with E-state index in [0.29, 0.717) is 54.8 Å². The number of hydrogen-bond donors (Lipinski definition) is 1. The highest BCUT2D eigenvalue weighted by Crippen LogP contribution is 2.30. The summed E-state index contributed by atoms with van der Waals surface area (Å²) in [6.45, 7) is 6.87. The van der Waals surface area contributed by atoms with Crippen LogP contribution in [-0.4, -0.2) is 47.9 Å². The Morgan fingerprint density at radius 3 is 2.57 bits per heavy atom. The van der Waals surface area contributed by atoms with Crippen LogP contribution in [0.3, 0.4) is 0 Å². The van der Waals surface area contributed by atoms with Gasteiger partial charge in [-0.05, 0) is 36.2 Å². The van der Waals surface area contributed by atoms with Crippen molar-refractivity contribution in [1.29, 1.82) is 0 Å². The highest BCUT2D eigenvalue weighted by atomic mass is 35.5. The molecule has 2 amide bonds. The maximum atomic E-state index is 12.5. The van der Waals surface area contributed by atoms with Gasteiger partial charge in [0, 0.05) is 50.0 Å². The number of pyridine rings is 1. The smallest absolute Gasteiger partial charge is 0.257 e. The summed E-state index contributed by atoms with van der Waals surface area (Å²) in [6.07, 6.45) is 3.73. The fraction of sp³-hybridized carbons (Fsp3) is 0.381. The molecule has 1 aromatic carbocycles. The van der Waals surface area contributed by atoms with Crippen LogP contribution in [0.4, 0.5) is 11.4 Å². The summed E-state index contributed by atoms with van der Waals surface area (Å²) in [4.78, 5) is 32.9. The van der Waals surface area contributed by atoms with Crippen molar-refractivity contribution in [3.8, 4) is 0 Å². The van der Waals surface area contributed by atoms with Crippen LogP contribution in [0.2, 0.25) is 5.02 Å². The van der Waals surface area contributed by atoms with Crippen molar-refractivity contribution in [3.63, 3.8) is 0 Å². The molecule has 1 fully saturated rings. The zero-order valence-electron chi connectivity index (χ0n) is 16.2. The van der Waals surface area contributed by atoms with E-state index >= 15 is 0 Å². The van der Waals surface area contributed by atoms with E-state index in [9.17, 15) is 9.59 Å². The molecule has 28 heavy (non-hydrogen) atoms. The third-order valence-electron chi connectivity index (χ3n) is 4.69. The molecule has 1 aromatic heterocycles. The molecule has 0 atom stereocenters. The van der Waals surface area contributed by atoms with E-state index < -0.39 is 0 Å². The van der Waals surface area contributed by atoms with Crippen LogP contribution < -0.4 is 10.2 Å². The summed E-state index contributed by atoms with van der Waals surface area (Å²) in [7, 11) is 0. The average molecular weight is 401 g/mol. The Kier molecular flexibility index (Phi) is 6.52. The first-order chi connectivity index (χ1) is 13.4. The summed E-state index contributed by atoms with van der Waals surface area (Å²) >= 11 is 6.16. The molecule has 0 radical (unpaired) electrons. The summed E-state index contributed by atoms with van der Waals surface area (Å²) < 4.78 is 0. The van der Waals surface area contributed by atoms with Crippen LogP contribution in [0.15, 0.2) is 42.7 Å². The molecular weight excluding hydrogens is 376 g/mol. The number of benzene rings is 1. The van der Waals surface area contributed by atoms with Gasteiger partial charge in [-0.2, -0.15) is 0 Å². The molecule has 2 aromatic rings. The minimum atomic E-state index is -0.234. The molecule has 1 N–H and O–H groups in total. The number of nitrogens with zero attached hydrogens (tertiary/aromatic N) is 3. The predicted octanol–water partition coefficient (Wildman–Crippen LogP) is 3.68. The van der Waals surface area contributed by atoms with E-state index in [-0.39, 0.29) is 11.8 Å². The Balaban J connectivity index is 1.71. The highest BCUT2D eigenvalue weighted by molar-refractivity contribution is 6.31. The van der Waals surface area contributed by atoms with Gasteiger partial charge in [-0.1, -0.05) is 25.4 Å². The zero-order chi connectivity index (χ0) is 20.1. The van der Waals surface area contributed by atoms with Gasteiger partial charge in [0.05, 0.1) is 16.9 Å². The molecule has 1 saturated heterocycles. The van der Waals surface area contributed by atoms with Gasteiger partial charge in [-0.3, -0.25) is 14.6 Å². The van der Waals surface area contributed by atoms with Gasteiger partial charge in [-0.15, -0.1) is 0 Å². The van der Waals surface area contributed by atoms with Crippen LogP contribution in [0.5, 0.6) is 0 Å². The van der Waals surface area contributed by atoms with Crippen molar-refractivity contribution in [3.05, 3.63) is 53.3 Å². The number of rotatable bonds is 5. The van der Waals surface area contributed by atoms with Crippen LogP contribution >= 0.6 is 11.6 Å². The van der Waals surface area contributed by atoms with E-state index in [4.69, 9.17) is 11.6 Å². The van der Waals surface area contributed by atoms with Gasteiger partial charge in [-0.25, -0.2) is 0 Å². The molecule has 1 aliphatic heterocycles. The van der Waals surface area contributed by atoms with E-state index in [0.717, 1.165) is 5.69 Å². The second kappa shape index (κ2) is 9.06. The summed E-state index contributed by atoms with van der Waals surface area (Å²) in [6, 6.07) is 8.91. The lowest BCUT2D eigenvalue weighted by atomic mass is 10.1. The minimum absolute atomic E-state index is 0.204. The van der Waals surface area contributed by atoms with Crippen LogP contribution in [-0.2, 0) is 4.79 Å². The molecule has 7 heteroatoms. The number of piperazine rings is 1. The van der Waals surface area contributed by atoms with Gasteiger partial charge >= 0.3 is 0 Å². The van der Waals surface area contributed by atoms with Gasteiger partial charge in [0.25, 0.3) is 5.91 Å². The molecule has 0 bridgehead atoms. The Hall–Kier alpha value is -2.60. The second-order valence-electron chi connectivity index (χ2n) is 7.32. The maximum Gasteiger partial charge on any atom is 0.257 e. The van der Waals surface area contributed by atoms with Crippen molar-refractivity contribution in [1.82, 2.24) is 9.88 Å². The van der Waals surface area contributed by atoms with Crippen molar-refractivity contribution in [2.75, 3.05) is 36.4 Å². The molecule has 3 rings (SSSR count). The molecule has 2 heterocycles. The average Bonchev–Trinajstić information content (AvgIpc) is 2.68. The molecule has 6 nitrogen and oxygen atoms in total. The van der Waals surface area contributed by atoms with Crippen molar-refractivity contribution >= 4 is 34.8 Å². The Labute approximate surface area is 170 Å². The van der Waals surface area contributed by atoms with Gasteiger partial charge < -0.3 is 15.1 Å². The molecule has 0 aliphatic carbocycles. The number of halogens is 1. The standard InChI is InChI=1S/C21H25ClN4O2/c1-15(2)12-20(27)26-10-8-25(9-11-26)19-6-5-17(22)13-18(19)24-21(28)16-4-3-7-23-14-16/h3-7,13-15H,8-12H2,1-2H3,(H,24,28). The van der Waals surface area contributed by atoms with Crippen molar-refractivity contribution in [2.45, 2.75) is 20.3 Å². The minimum Gasteiger partial charge on any atom is -0.366 e. The molecule has 1 aliphatic rings. The second-order valence-corrected chi connectivity index (χ2v) is 7.76. The first-order valence-corrected chi connectivity index (χ1v) is 9.85. The van der Waals surface area contributed by atoms with Gasteiger partial charge in [0.2, 0.25) is 5.91 Å². The first kappa shape index (κ1) is 20.1. The zero-order valence-corrected chi connectivity index (χ0v) is 16.9. The Morgan fingerprint density at radius 2 is 1.93 bits per heavy atom. The number of carbonyl (C=O) groups excluding carboxylic acids is 2. The summed E-state index contributed by atoms with van der Waals surface area (Å²) in [5.41, 5.74) is 2.04. The number of aromatic nitrogens is 1. The third-order valence-corrected chi connectivity index (χ3v) is 4.92. The summed E-state index contributed by atoms with van der Waals surface area (Å²) in [5, 5.41) is 3.49. The van der Waals surface area contributed by atoms with Gasteiger partial charge in [0.15, 0.2) is 0 Å². The quantitative estimate of drug-likeness (QED) is 0.831. The number of amides is 2. The molecule has 0 saturated carbocycles. The lowest BCUT2D eigenvalue weighted by Crippen LogP contribution is -2.49. The SMILES string of the molecule is CC(C)CC(=O)N1CCN(c2ccc(Cl)cc2NC(=O)c2cccnc2)CC1. The third kappa shape index (κ3) is 5.01. The topological polar surface area (TPSA) is 65.5 Å². The maximum absolute atomic E-state index is 12.5. The molecular formula is C21H25ClN4O2. The monoisotopic (exact) mass is 400 g/mol.